The lowest BCUT2D eigenvalue weighted by Crippen LogP contribution is -2.16. The van der Waals surface area contributed by atoms with Crippen molar-refractivity contribution < 1.29 is 0 Å². The van der Waals surface area contributed by atoms with Gasteiger partial charge in [0.05, 0.1) is 5.52 Å². The highest BCUT2D eigenvalue weighted by Gasteiger charge is 2.21. The summed E-state index contributed by atoms with van der Waals surface area (Å²) in [5, 5.41) is 1.15. The SMILES string of the molecule is CC(C)C[C@@H](C)CCC1CCC(CCCCc2nc(N(C)C)c3ccccc3n2)CC1. The molecule has 0 saturated heterocycles. The summed E-state index contributed by atoms with van der Waals surface area (Å²) in [5.41, 5.74) is 1.07. The molecule has 172 valence electrons. The van der Waals surface area contributed by atoms with Gasteiger partial charge in [-0.3, -0.25) is 0 Å². The predicted octanol–water partition coefficient (Wildman–Crippen LogP) is 7.68. The van der Waals surface area contributed by atoms with Crippen LogP contribution >= 0.6 is 0 Å². The Morgan fingerprint density at radius 2 is 1.58 bits per heavy atom. The van der Waals surface area contributed by atoms with Gasteiger partial charge in [0, 0.05) is 25.9 Å². The Labute approximate surface area is 191 Å². The molecule has 1 aliphatic rings. The van der Waals surface area contributed by atoms with Crippen LogP contribution in [-0.2, 0) is 6.42 Å². The Bertz CT molecular complexity index is 790. The summed E-state index contributed by atoms with van der Waals surface area (Å²) >= 11 is 0. The third kappa shape index (κ3) is 7.47. The summed E-state index contributed by atoms with van der Waals surface area (Å²) < 4.78 is 0. The van der Waals surface area contributed by atoms with Crippen molar-refractivity contribution in [2.24, 2.45) is 23.7 Å². The first kappa shape index (κ1) is 24.0. The third-order valence-electron chi connectivity index (χ3n) is 7.22. The van der Waals surface area contributed by atoms with Crippen molar-refractivity contribution in [2.75, 3.05) is 19.0 Å². The monoisotopic (exact) mass is 423 g/mol. The maximum absolute atomic E-state index is 4.86. The van der Waals surface area contributed by atoms with Crippen LogP contribution in [0.5, 0.6) is 0 Å². The van der Waals surface area contributed by atoms with Crippen LogP contribution < -0.4 is 4.90 Å². The molecule has 0 N–H and O–H groups in total. The molecule has 1 fully saturated rings. The molecular formula is C28H45N3. The molecular weight excluding hydrogens is 378 g/mol. The van der Waals surface area contributed by atoms with Gasteiger partial charge in [-0.1, -0.05) is 84.3 Å². The van der Waals surface area contributed by atoms with Crippen LogP contribution in [0.4, 0.5) is 5.82 Å². The van der Waals surface area contributed by atoms with E-state index in [-0.39, 0.29) is 0 Å². The van der Waals surface area contributed by atoms with Crippen LogP contribution in [0.15, 0.2) is 24.3 Å². The number of nitrogens with zero attached hydrogens (tertiary/aromatic N) is 3. The van der Waals surface area contributed by atoms with Gasteiger partial charge in [0.25, 0.3) is 0 Å². The van der Waals surface area contributed by atoms with Crippen LogP contribution in [0.25, 0.3) is 10.9 Å². The van der Waals surface area contributed by atoms with Gasteiger partial charge in [0.1, 0.15) is 11.6 Å². The van der Waals surface area contributed by atoms with Gasteiger partial charge in [-0.2, -0.15) is 0 Å². The normalized spacial score (nSPS) is 20.3. The molecule has 0 radical (unpaired) electrons. The molecule has 1 aromatic carbocycles. The number of aryl methyl sites for hydroxylation is 1. The Balaban J connectivity index is 1.37. The molecule has 1 atom stereocenters. The van der Waals surface area contributed by atoms with Gasteiger partial charge in [0.15, 0.2) is 0 Å². The lowest BCUT2D eigenvalue weighted by molar-refractivity contribution is 0.234. The molecule has 3 rings (SSSR count). The van der Waals surface area contributed by atoms with Crippen molar-refractivity contribution in [1.82, 2.24) is 9.97 Å². The number of hydrogen-bond acceptors (Lipinski definition) is 3. The van der Waals surface area contributed by atoms with Crippen molar-refractivity contribution in [1.29, 1.82) is 0 Å². The standard InChI is InChI=1S/C28H45N3/c1-21(2)20-22(3)14-15-24-18-16-23(17-19-24)10-6-9-13-27-29-26-12-8-7-11-25(26)28(30-27)31(4)5/h7-8,11-12,21-24H,6,9-10,13-20H2,1-5H3/t22-,23?,24?/m0/s1. The molecule has 1 aromatic heterocycles. The van der Waals surface area contributed by atoms with Crippen molar-refractivity contribution in [2.45, 2.75) is 91.4 Å². The van der Waals surface area contributed by atoms with Crippen molar-refractivity contribution >= 4 is 16.7 Å². The molecule has 0 amide bonds. The molecule has 3 heteroatoms. The summed E-state index contributed by atoms with van der Waals surface area (Å²) in [7, 11) is 4.14. The highest BCUT2D eigenvalue weighted by molar-refractivity contribution is 5.89. The van der Waals surface area contributed by atoms with Crippen LogP contribution in [0.2, 0.25) is 0 Å². The van der Waals surface area contributed by atoms with Gasteiger partial charge >= 0.3 is 0 Å². The maximum Gasteiger partial charge on any atom is 0.139 e. The highest BCUT2D eigenvalue weighted by Crippen LogP contribution is 2.35. The van der Waals surface area contributed by atoms with E-state index in [2.05, 4.69) is 64.0 Å². The maximum atomic E-state index is 4.86. The minimum absolute atomic E-state index is 0.847. The van der Waals surface area contributed by atoms with E-state index in [4.69, 9.17) is 9.97 Å². The van der Waals surface area contributed by atoms with Gasteiger partial charge in [-0.25, -0.2) is 9.97 Å². The first-order valence-corrected chi connectivity index (χ1v) is 12.8. The van der Waals surface area contributed by atoms with Crippen LogP contribution in [0.1, 0.15) is 90.8 Å². The number of aromatic nitrogens is 2. The van der Waals surface area contributed by atoms with Crippen molar-refractivity contribution in [3.05, 3.63) is 30.1 Å². The fourth-order valence-corrected chi connectivity index (χ4v) is 5.53. The topological polar surface area (TPSA) is 29.0 Å². The molecule has 0 unspecified atom stereocenters. The minimum atomic E-state index is 0.847. The fraction of sp³-hybridized carbons (Fsp3) is 0.714. The summed E-state index contributed by atoms with van der Waals surface area (Å²) in [4.78, 5) is 11.8. The summed E-state index contributed by atoms with van der Waals surface area (Å²) in [5.74, 6) is 5.76. The molecule has 0 spiro atoms. The molecule has 0 bridgehead atoms. The second-order valence-corrected chi connectivity index (χ2v) is 10.8. The van der Waals surface area contributed by atoms with E-state index in [9.17, 15) is 0 Å². The summed E-state index contributed by atoms with van der Waals surface area (Å²) in [6, 6.07) is 8.37. The fourth-order valence-electron chi connectivity index (χ4n) is 5.53. The zero-order chi connectivity index (χ0) is 22.2. The van der Waals surface area contributed by atoms with E-state index in [1.807, 2.05) is 0 Å². The number of benzene rings is 1. The van der Waals surface area contributed by atoms with Gasteiger partial charge in [-0.05, 0) is 48.6 Å². The van der Waals surface area contributed by atoms with Gasteiger partial charge in [0.2, 0.25) is 0 Å². The highest BCUT2D eigenvalue weighted by atomic mass is 15.1. The van der Waals surface area contributed by atoms with Crippen LogP contribution in [-0.4, -0.2) is 24.1 Å². The third-order valence-corrected chi connectivity index (χ3v) is 7.22. The lowest BCUT2D eigenvalue weighted by atomic mass is 9.77. The van der Waals surface area contributed by atoms with Gasteiger partial charge in [-0.15, -0.1) is 0 Å². The van der Waals surface area contributed by atoms with Crippen LogP contribution in [0, 0.1) is 23.7 Å². The number of rotatable bonds is 11. The molecule has 1 heterocycles. The van der Waals surface area contributed by atoms with E-state index >= 15 is 0 Å². The zero-order valence-corrected chi connectivity index (χ0v) is 20.7. The number of fused-ring (bicyclic) bond motifs is 1. The first-order valence-electron chi connectivity index (χ1n) is 12.8. The number of hydrogen-bond donors (Lipinski definition) is 0. The Morgan fingerprint density at radius 3 is 2.26 bits per heavy atom. The van der Waals surface area contributed by atoms with Gasteiger partial charge < -0.3 is 4.90 Å². The summed E-state index contributed by atoms with van der Waals surface area (Å²) in [6.45, 7) is 7.16. The van der Waals surface area contributed by atoms with Crippen LogP contribution in [0.3, 0.4) is 0 Å². The molecule has 1 saturated carbocycles. The van der Waals surface area contributed by atoms with E-state index in [1.54, 1.807) is 0 Å². The molecule has 2 aromatic rings. The molecule has 31 heavy (non-hydrogen) atoms. The molecule has 0 aliphatic heterocycles. The van der Waals surface area contributed by atoms with Crippen molar-refractivity contribution in [3.63, 3.8) is 0 Å². The largest absolute Gasteiger partial charge is 0.362 e. The predicted molar refractivity (Wildman–Crippen MR) is 135 cm³/mol. The molecule has 1 aliphatic carbocycles. The number of para-hydroxylation sites is 1. The number of unbranched alkanes of at least 4 members (excludes halogenated alkanes) is 1. The van der Waals surface area contributed by atoms with Crippen molar-refractivity contribution in [3.8, 4) is 0 Å². The second kappa shape index (κ2) is 11.8. The first-order chi connectivity index (χ1) is 14.9. The smallest absolute Gasteiger partial charge is 0.139 e. The summed E-state index contributed by atoms with van der Waals surface area (Å²) in [6.07, 6.45) is 15.1. The lowest BCUT2D eigenvalue weighted by Gasteiger charge is -2.29. The quantitative estimate of drug-likeness (QED) is 0.347. The Kier molecular flexibility index (Phi) is 9.16. The van der Waals surface area contributed by atoms with E-state index in [0.29, 0.717) is 0 Å². The molecule has 3 nitrogen and oxygen atoms in total. The second-order valence-electron chi connectivity index (χ2n) is 10.8. The van der Waals surface area contributed by atoms with E-state index in [0.717, 1.165) is 52.6 Å². The minimum Gasteiger partial charge on any atom is -0.362 e. The average Bonchev–Trinajstić information content (AvgIpc) is 2.75. The average molecular weight is 424 g/mol. The Hall–Kier alpha value is -1.64. The number of anilines is 1. The van der Waals surface area contributed by atoms with E-state index < -0.39 is 0 Å². The Morgan fingerprint density at radius 1 is 0.903 bits per heavy atom. The van der Waals surface area contributed by atoms with E-state index in [1.165, 1.54) is 64.2 Å². The zero-order valence-electron chi connectivity index (χ0n) is 20.7.